The van der Waals surface area contributed by atoms with Gasteiger partial charge in [-0.05, 0) is 25.7 Å². The van der Waals surface area contributed by atoms with E-state index in [0.29, 0.717) is 0 Å². The highest BCUT2D eigenvalue weighted by atomic mass is 16.3. The Bertz CT molecular complexity index is 230. The maximum absolute atomic E-state index is 12.1. The summed E-state index contributed by atoms with van der Waals surface area (Å²) in [5, 5.41) is 12.9. The molecule has 1 rings (SSSR count). The van der Waals surface area contributed by atoms with Crippen molar-refractivity contribution in [2.75, 3.05) is 0 Å². The van der Waals surface area contributed by atoms with Gasteiger partial charge in [-0.1, -0.05) is 39.5 Å². The topological polar surface area (TPSA) is 49.3 Å². The first-order chi connectivity index (χ1) is 8.19. The number of aliphatic hydroxyl groups is 1. The summed E-state index contributed by atoms with van der Waals surface area (Å²) >= 11 is 0. The molecule has 1 saturated carbocycles. The van der Waals surface area contributed by atoms with E-state index >= 15 is 0 Å². The molecular weight excluding hydrogens is 214 g/mol. The van der Waals surface area contributed by atoms with Crippen LogP contribution in [0.15, 0.2) is 0 Å². The van der Waals surface area contributed by atoms with Crippen molar-refractivity contribution in [1.29, 1.82) is 0 Å². The quantitative estimate of drug-likeness (QED) is 0.751. The lowest BCUT2D eigenvalue weighted by molar-refractivity contribution is -0.127. The van der Waals surface area contributed by atoms with Crippen molar-refractivity contribution in [3.8, 4) is 0 Å². The Balaban J connectivity index is 2.39. The van der Waals surface area contributed by atoms with Gasteiger partial charge in [0.05, 0.1) is 12.1 Å². The van der Waals surface area contributed by atoms with Crippen LogP contribution >= 0.6 is 0 Å². The Morgan fingerprint density at radius 2 is 2.06 bits per heavy atom. The number of unbranched alkanes of at least 4 members (excludes halogenated alkanes) is 1. The Morgan fingerprint density at radius 3 is 2.65 bits per heavy atom. The Hall–Kier alpha value is -0.570. The van der Waals surface area contributed by atoms with Crippen molar-refractivity contribution >= 4 is 5.91 Å². The van der Waals surface area contributed by atoms with Gasteiger partial charge in [0, 0.05) is 5.92 Å². The molecule has 1 aliphatic carbocycles. The van der Waals surface area contributed by atoms with Gasteiger partial charge < -0.3 is 10.4 Å². The van der Waals surface area contributed by atoms with E-state index in [2.05, 4.69) is 19.2 Å². The maximum atomic E-state index is 12.1. The average Bonchev–Trinajstić information content (AvgIpc) is 2.33. The normalized spacial score (nSPS) is 26.5. The molecular formula is C14H27NO2. The van der Waals surface area contributed by atoms with Crippen molar-refractivity contribution in [1.82, 2.24) is 5.32 Å². The standard InChI is InChI=1S/C14H27NO2/c1-3-5-8-11(4-2)14(17)15-12-9-6-7-10-13(12)16/h11-13,16H,3-10H2,1-2H3,(H,15,17)/t11?,12-,13-/m1/s1. The van der Waals surface area contributed by atoms with Gasteiger partial charge >= 0.3 is 0 Å². The van der Waals surface area contributed by atoms with Crippen molar-refractivity contribution in [3.05, 3.63) is 0 Å². The highest BCUT2D eigenvalue weighted by Crippen LogP contribution is 2.20. The van der Waals surface area contributed by atoms with Gasteiger partial charge in [-0.2, -0.15) is 0 Å². The number of aliphatic hydroxyl groups excluding tert-OH is 1. The van der Waals surface area contributed by atoms with Gasteiger partial charge in [0.2, 0.25) is 5.91 Å². The predicted molar refractivity (Wildman–Crippen MR) is 69.7 cm³/mol. The fraction of sp³-hybridized carbons (Fsp3) is 0.929. The highest BCUT2D eigenvalue weighted by molar-refractivity contribution is 5.78. The van der Waals surface area contributed by atoms with Crippen LogP contribution in [0.2, 0.25) is 0 Å². The predicted octanol–water partition coefficient (Wildman–Crippen LogP) is 2.62. The number of carbonyl (C=O) groups excluding carboxylic acids is 1. The minimum absolute atomic E-state index is 0.00748. The molecule has 17 heavy (non-hydrogen) atoms. The molecule has 0 bridgehead atoms. The van der Waals surface area contributed by atoms with Crippen molar-refractivity contribution in [2.45, 2.75) is 77.4 Å². The SMILES string of the molecule is CCCCC(CC)C(=O)N[C@@H]1CCCC[C@H]1O. The first kappa shape index (κ1) is 14.5. The van der Waals surface area contributed by atoms with E-state index in [1.165, 1.54) is 0 Å². The summed E-state index contributed by atoms with van der Waals surface area (Å²) in [4.78, 5) is 12.1. The second-order valence-corrected chi connectivity index (χ2v) is 5.21. The van der Waals surface area contributed by atoms with Gasteiger partial charge in [-0.15, -0.1) is 0 Å². The zero-order valence-electron chi connectivity index (χ0n) is 11.2. The largest absolute Gasteiger partial charge is 0.391 e. The second kappa shape index (κ2) is 7.70. The molecule has 0 heterocycles. The monoisotopic (exact) mass is 241 g/mol. The lowest BCUT2D eigenvalue weighted by atomic mass is 9.91. The van der Waals surface area contributed by atoms with E-state index in [4.69, 9.17) is 0 Å². The van der Waals surface area contributed by atoms with Crippen molar-refractivity contribution < 1.29 is 9.90 Å². The molecule has 1 unspecified atom stereocenters. The first-order valence-corrected chi connectivity index (χ1v) is 7.17. The van der Waals surface area contributed by atoms with Crippen LogP contribution in [0.25, 0.3) is 0 Å². The Labute approximate surface area is 105 Å². The van der Waals surface area contributed by atoms with Crippen LogP contribution in [0.5, 0.6) is 0 Å². The molecule has 0 aromatic rings. The lowest BCUT2D eigenvalue weighted by Gasteiger charge is -2.29. The molecule has 1 aliphatic rings. The van der Waals surface area contributed by atoms with Crippen molar-refractivity contribution in [2.24, 2.45) is 5.92 Å². The Kier molecular flexibility index (Phi) is 6.56. The van der Waals surface area contributed by atoms with Gasteiger partial charge in [0.25, 0.3) is 0 Å². The molecule has 0 aromatic carbocycles. The van der Waals surface area contributed by atoms with Gasteiger partial charge in [0.15, 0.2) is 0 Å². The van der Waals surface area contributed by atoms with Crippen LogP contribution in [0.4, 0.5) is 0 Å². The molecule has 1 amide bonds. The minimum Gasteiger partial charge on any atom is -0.391 e. The first-order valence-electron chi connectivity index (χ1n) is 7.17. The number of hydrogen-bond donors (Lipinski definition) is 2. The third-order valence-corrected chi connectivity index (χ3v) is 3.83. The van der Waals surface area contributed by atoms with Crippen LogP contribution in [-0.2, 0) is 4.79 Å². The fourth-order valence-electron chi connectivity index (χ4n) is 2.55. The summed E-state index contributed by atoms with van der Waals surface area (Å²) in [5.41, 5.74) is 0. The van der Waals surface area contributed by atoms with Crippen LogP contribution in [-0.4, -0.2) is 23.2 Å². The zero-order valence-corrected chi connectivity index (χ0v) is 11.2. The van der Waals surface area contributed by atoms with E-state index in [1.54, 1.807) is 0 Å². The van der Waals surface area contributed by atoms with Gasteiger partial charge in [-0.3, -0.25) is 4.79 Å². The van der Waals surface area contributed by atoms with Crippen LogP contribution in [0.3, 0.4) is 0 Å². The smallest absolute Gasteiger partial charge is 0.223 e. The molecule has 0 saturated heterocycles. The molecule has 0 spiro atoms. The van der Waals surface area contributed by atoms with E-state index in [0.717, 1.165) is 51.4 Å². The lowest BCUT2D eigenvalue weighted by Crippen LogP contribution is -2.47. The molecule has 2 N–H and O–H groups in total. The van der Waals surface area contributed by atoms with E-state index in [1.807, 2.05) is 0 Å². The third kappa shape index (κ3) is 4.66. The summed E-state index contributed by atoms with van der Waals surface area (Å²) in [7, 11) is 0. The van der Waals surface area contributed by atoms with Crippen LogP contribution in [0.1, 0.15) is 65.2 Å². The molecule has 0 aliphatic heterocycles. The number of nitrogens with one attached hydrogen (secondary N) is 1. The molecule has 3 atom stereocenters. The minimum atomic E-state index is -0.337. The molecule has 100 valence electrons. The van der Waals surface area contributed by atoms with Crippen LogP contribution < -0.4 is 5.32 Å². The summed E-state index contributed by atoms with van der Waals surface area (Å²) in [6.45, 7) is 4.21. The molecule has 0 aromatic heterocycles. The summed E-state index contributed by atoms with van der Waals surface area (Å²) in [6, 6.07) is -0.00748. The number of hydrogen-bond acceptors (Lipinski definition) is 2. The molecule has 3 heteroatoms. The number of amides is 1. The summed E-state index contributed by atoms with van der Waals surface area (Å²) in [6.07, 6.45) is 7.74. The second-order valence-electron chi connectivity index (χ2n) is 5.21. The fourth-order valence-corrected chi connectivity index (χ4v) is 2.55. The molecule has 3 nitrogen and oxygen atoms in total. The Morgan fingerprint density at radius 1 is 1.35 bits per heavy atom. The van der Waals surface area contributed by atoms with E-state index in [-0.39, 0.29) is 24.0 Å². The molecule has 0 radical (unpaired) electrons. The maximum Gasteiger partial charge on any atom is 0.223 e. The van der Waals surface area contributed by atoms with E-state index in [9.17, 15) is 9.90 Å². The highest BCUT2D eigenvalue weighted by Gasteiger charge is 2.26. The zero-order chi connectivity index (χ0) is 12.7. The van der Waals surface area contributed by atoms with Crippen molar-refractivity contribution in [3.63, 3.8) is 0 Å². The number of rotatable bonds is 6. The number of carbonyl (C=O) groups is 1. The summed E-state index contributed by atoms with van der Waals surface area (Å²) < 4.78 is 0. The van der Waals surface area contributed by atoms with Gasteiger partial charge in [0.1, 0.15) is 0 Å². The average molecular weight is 241 g/mol. The third-order valence-electron chi connectivity index (χ3n) is 3.83. The van der Waals surface area contributed by atoms with E-state index < -0.39 is 0 Å². The summed E-state index contributed by atoms with van der Waals surface area (Å²) in [5.74, 6) is 0.274. The van der Waals surface area contributed by atoms with Crippen LogP contribution in [0, 0.1) is 5.92 Å². The molecule has 1 fully saturated rings. The van der Waals surface area contributed by atoms with Gasteiger partial charge in [-0.25, -0.2) is 0 Å².